The summed E-state index contributed by atoms with van der Waals surface area (Å²) >= 11 is 0. The summed E-state index contributed by atoms with van der Waals surface area (Å²) < 4.78 is 30.7. The number of hydrogen-bond donors (Lipinski definition) is 0. The van der Waals surface area contributed by atoms with Crippen molar-refractivity contribution in [3.8, 4) is 0 Å². The highest BCUT2D eigenvalue weighted by Crippen LogP contribution is 2.31. The Kier molecular flexibility index (Phi) is 2.22. The molecule has 0 unspecified atom stereocenters. The first kappa shape index (κ1) is 9.76. The second kappa shape index (κ2) is 3.42. The molecule has 0 bridgehead atoms. The van der Waals surface area contributed by atoms with Gasteiger partial charge in [-0.3, -0.25) is 9.59 Å². The zero-order chi connectivity index (χ0) is 11.0. The predicted molar refractivity (Wildman–Crippen MR) is 44.8 cm³/mol. The van der Waals surface area contributed by atoms with Crippen molar-refractivity contribution < 1.29 is 23.1 Å². The monoisotopic (exact) mass is 212 g/mol. The molecule has 1 saturated heterocycles. The number of carbonyl (C=O) groups excluding carboxylic acids is 2. The molecule has 1 fully saturated rings. The number of halogens is 2. The lowest BCUT2D eigenvalue weighted by Crippen LogP contribution is -2.09. The number of benzene rings is 1. The van der Waals surface area contributed by atoms with Crippen molar-refractivity contribution in [1.82, 2.24) is 0 Å². The third-order valence-corrected chi connectivity index (χ3v) is 2.22. The van der Waals surface area contributed by atoms with E-state index in [1.807, 2.05) is 0 Å². The van der Waals surface area contributed by atoms with E-state index in [9.17, 15) is 18.4 Å². The Hall–Kier alpha value is -1.78. The molecule has 2 rings (SSSR count). The van der Waals surface area contributed by atoms with Crippen LogP contribution in [0.4, 0.5) is 8.78 Å². The molecule has 0 saturated carbocycles. The number of hydrogen-bond acceptors (Lipinski definition) is 3. The van der Waals surface area contributed by atoms with E-state index >= 15 is 0 Å². The molecular formula is C10H6F2O3. The molecule has 0 aliphatic carbocycles. The van der Waals surface area contributed by atoms with Crippen LogP contribution in [0.3, 0.4) is 0 Å². The van der Waals surface area contributed by atoms with Crippen molar-refractivity contribution in [1.29, 1.82) is 0 Å². The number of ether oxygens (including phenoxy) is 1. The van der Waals surface area contributed by atoms with Gasteiger partial charge in [-0.1, -0.05) is 6.07 Å². The molecule has 0 amide bonds. The van der Waals surface area contributed by atoms with Crippen molar-refractivity contribution >= 4 is 11.9 Å². The van der Waals surface area contributed by atoms with E-state index in [0.29, 0.717) is 0 Å². The third kappa shape index (κ3) is 1.60. The highest BCUT2D eigenvalue weighted by Gasteiger charge is 2.37. The fraction of sp³-hybridized carbons (Fsp3) is 0.200. The van der Waals surface area contributed by atoms with Crippen LogP contribution in [0, 0.1) is 11.6 Å². The first-order chi connectivity index (χ1) is 7.09. The van der Waals surface area contributed by atoms with Crippen LogP contribution >= 0.6 is 0 Å². The van der Waals surface area contributed by atoms with E-state index < -0.39 is 35.1 Å². The summed E-state index contributed by atoms with van der Waals surface area (Å²) in [4.78, 5) is 21.9. The first-order valence-electron chi connectivity index (χ1n) is 4.28. The number of esters is 2. The number of rotatable bonds is 1. The van der Waals surface area contributed by atoms with Gasteiger partial charge in [0.15, 0.2) is 0 Å². The van der Waals surface area contributed by atoms with E-state index in [4.69, 9.17) is 0 Å². The Bertz CT molecular complexity index is 422. The van der Waals surface area contributed by atoms with Crippen LogP contribution in [0.1, 0.15) is 17.9 Å². The van der Waals surface area contributed by atoms with Crippen LogP contribution in [0.25, 0.3) is 0 Å². The fourth-order valence-corrected chi connectivity index (χ4v) is 1.54. The smallest absolute Gasteiger partial charge is 0.321 e. The topological polar surface area (TPSA) is 43.4 Å². The maximum Gasteiger partial charge on any atom is 0.321 e. The highest BCUT2D eigenvalue weighted by molar-refractivity contribution is 5.97. The van der Waals surface area contributed by atoms with Crippen LogP contribution in [-0.4, -0.2) is 11.9 Å². The molecule has 15 heavy (non-hydrogen) atoms. The Morgan fingerprint density at radius 3 is 2.27 bits per heavy atom. The Morgan fingerprint density at radius 2 is 1.80 bits per heavy atom. The van der Waals surface area contributed by atoms with Gasteiger partial charge in [0.25, 0.3) is 0 Å². The van der Waals surface area contributed by atoms with E-state index in [0.717, 1.165) is 12.1 Å². The normalized spacial score (nSPS) is 20.5. The molecule has 5 heteroatoms. The Morgan fingerprint density at radius 1 is 1.20 bits per heavy atom. The molecule has 0 radical (unpaired) electrons. The van der Waals surface area contributed by atoms with Crippen molar-refractivity contribution in [2.45, 2.75) is 12.3 Å². The summed E-state index contributed by atoms with van der Waals surface area (Å²) in [6.07, 6.45) is -0.309. The van der Waals surface area contributed by atoms with Crippen LogP contribution in [0.5, 0.6) is 0 Å². The summed E-state index contributed by atoms with van der Waals surface area (Å²) in [7, 11) is 0. The van der Waals surface area contributed by atoms with Gasteiger partial charge in [-0.05, 0) is 12.1 Å². The highest BCUT2D eigenvalue weighted by atomic mass is 19.1. The summed E-state index contributed by atoms with van der Waals surface area (Å²) in [5.74, 6) is -4.49. The lowest BCUT2D eigenvalue weighted by Gasteiger charge is -2.07. The minimum Gasteiger partial charge on any atom is -0.393 e. The average Bonchev–Trinajstić information content (AvgIpc) is 2.45. The van der Waals surface area contributed by atoms with Crippen molar-refractivity contribution in [2.24, 2.45) is 0 Å². The zero-order valence-corrected chi connectivity index (χ0v) is 7.50. The zero-order valence-electron chi connectivity index (χ0n) is 7.50. The van der Waals surface area contributed by atoms with Gasteiger partial charge in [-0.2, -0.15) is 0 Å². The van der Waals surface area contributed by atoms with Crippen LogP contribution in [-0.2, 0) is 14.3 Å². The van der Waals surface area contributed by atoms with Crippen molar-refractivity contribution in [2.75, 3.05) is 0 Å². The molecule has 1 aliphatic heterocycles. The average molecular weight is 212 g/mol. The first-order valence-corrected chi connectivity index (χ1v) is 4.28. The maximum absolute atomic E-state index is 13.2. The van der Waals surface area contributed by atoms with E-state index in [2.05, 4.69) is 4.74 Å². The van der Waals surface area contributed by atoms with Crippen LogP contribution < -0.4 is 0 Å². The van der Waals surface area contributed by atoms with Gasteiger partial charge in [0.05, 0.1) is 12.3 Å². The molecule has 3 nitrogen and oxygen atoms in total. The molecule has 1 heterocycles. The van der Waals surface area contributed by atoms with Gasteiger partial charge in [-0.25, -0.2) is 8.78 Å². The SMILES string of the molecule is O=C1C[C@@H](c2c(F)cccc2F)C(=O)O1. The van der Waals surface area contributed by atoms with Gasteiger partial charge in [0, 0.05) is 5.56 Å². The fourth-order valence-electron chi connectivity index (χ4n) is 1.54. The predicted octanol–water partition coefficient (Wildman–Crippen LogP) is 1.52. The molecule has 1 atom stereocenters. The minimum absolute atomic E-state index is 0.309. The van der Waals surface area contributed by atoms with E-state index in [-0.39, 0.29) is 6.42 Å². The second-order valence-electron chi connectivity index (χ2n) is 3.19. The minimum atomic E-state index is -1.15. The van der Waals surface area contributed by atoms with Gasteiger partial charge >= 0.3 is 11.9 Å². The standard InChI is InChI=1S/C10H6F2O3/c11-6-2-1-3-7(12)9(6)5-4-8(13)15-10(5)14/h1-3,5H,4H2/t5-/m0/s1. The lowest BCUT2D eigenvalue weighted by molar-refractivity contribution is -0.152. The molecule has 1 aromatic carbocycles. The molecule has 1 aromatic rings. The van der Waals surface area contributed by atoms with Crippen molar-refractivity contribution in [3.05, 3.63) is 35.4 Å². The summed E-state index contributed by atoms with van der Waals surface area (Å²) in [5.41, 5.74) is -0.395. The lowest BCUT2D eigenvalue weighted by atomic mass is 9.96. The van der Waals surface area contributed by atoms with Crippen LogP contribution in [0.15, 0.2) is 18.2 Å². The Balaban J connectivity index is 2.46. The van der Waals surface area contributed by atoms with Gasteiger partial charge < -0.3 is 4.74 Å². The quantitative estimate of drug-likeness (QED) is 0.523. The van der Waals surface area contributed by atoms with E-state index in [1.54, 1.807) is 0 Å². The molecule has 78 valence electrons. The van der Waals surface area contributed by atoms with Crippen LogP contribution in [0.2, 0.25) is 0 Å². The second-order valence-corrected chi connectivity index (χ2v) is 3.19. The summed E-state index contributed by atoms with van der Waals surface area (Å²) in [5, 5.41) is 0. The van der Waals surface area contributed by atoms with E-state index in [1.165, 1.54) is 6.07 Å². The summed E-state index contributed by atoms with van der Waals surface area (Å²) in [6.45, 7) is 0. The maximum atomic E-state index is 13.2. The molecular weight excluding hydrogens is 206 g/mol. The molecule has 1 aliphatic rings. The van der Waals surface area contributed by atoms with Gasteiger partial charge in [0.1, 0.15) is 11.6 Å². The Labute approximate surface area is 83.7 Å². The largest absolute Gasteiger partial charge is 0.393 e. The number of carbonyl (C=O) groups is 2. The van der Waals surface area contributed by atoms with Gasteiger partial charge in [-0.15, -0.1) is 0 Å². The molecule has 0 aromatic heterocycles. The molecule has 0 spiro atoms. The number of cyclic esters (lactones) is 2. The van der Waals surface area contributed by atoms with Gasteiger partial charge in [0.2, 0.25) is 0 Å². The third-order valence-electron chi connectivity index (χ3n) is 2.22. The van der Waals surface area contributed by atoms with Crippen molar-refractivity contribution in [3.63, 3.8) is 0 Å². The summed E-state index contributed by atoms with van der Waals surface area (Å²) in [6, 6.07) is 3.26. The molecule has 0 N–H and O–H groups in total.